The molecule has 0 bridgehead atoms. The number of hydrogen-bond acceptors (Lipinski definition) is 2. The normalized spacial score (nSPS) is 36.1. The molecule has 2 heteroatoms. The first-order valence-electron chi connectivity index (χ1n) is 5.95. The van der Waals surface area contributed by atoms with E-state index < -0.39 is 5.54 Å². The Morgan fingerprint density at radius 3 is 2.50 bits per heavy atom. The minimum Gasteiger partial charge on any atom is -0.319 e. The minimum atomic E-state index is -0.415. The minimum absolute atomic E-state index is 0.282. The first-order chi connectivity index (χ1) is 6.62. The van der Waals surface area contributed by atoms with Crippen LogP contribution in [0.2, 0.25) is 0 Å². The summed E-state index contributed by atoms with van der Waals surface area (Å²) < 4.78 is 0. The van der Waals surface area contributed by atoms with E-state index in [0.717, 1.165) is 38.0 Å². The molecule has 0 aromatic heterocycles. The Labute approximate surface area is 86.2 Å². The van der Waals surface area contributed by atoms with Crippen LogP contribution < -0.4 is 5.73 Å². The fourth-order valence-electron chi connectivity index (χ4n) is 2.88. The van der Waals surface area contributed by atoms with Gasteiger partial charge >= 0.3 is 0 Å². The maximum absolute atomic E-state index is 12.1. The number of carbonyl (C=O) groups is 1. The third-order valence-corrected chi connectivity index (χ3v) is 4.04. The van der Waals surface area contributed by atoms with Gasteiger partial charge in [-0.15, -0.1) is 0 Å². The van der Waals surface area contributed by atoms with E-state index >= 15 is 0 Å². The molecule has 2 rings (SSSR count). The number of ketones is 1. The summed E-state index contributed by atoms with van der Waals surface area (Å²) in [5.41, 5.74) is 5.66. The third-order valence-electron chi connectivity index (χ3n) is 4.04. The van der Waals surface area contributed by atoms with Crippen molar-refractivity contribution in [3.63, 3.8) is 0 Å². The zero-order valence-electron chi connectivity index (χ0n) is 9.09. The van der Waals surface area contributed by atoms with Crippen molar-refractivity contribution in [1.82, 2.24) is 0 Å². The summed E-state index contributed by atoms with van der Waals surface area (Å²) >= 11 is 0. The highest BCUT2D eigenvalue weighted by atomic mass is 16.1. The summed E-state index contributed by atoms with van der Waals surface area (Å²) in [4.78, 5) is 12.1. The van der Waals surface area contributed by atoms with Gasteiger partial charge in [0.05, 0.1) is 5.54 Å². The SMILES string of the molecule is CC1CCCC(C(=O)C2(N)CCC2)C1. The molecule has 2 atom stereocenters. The average Bonchev–Trinajstić information content (AvgIpc) is 2.13. The van der Waals surface area contributed by atoms with Crippen molar-refractivity contribution in [1.29, 1.82) is 0 Å². The Kier molecular flexibility index (Phi) is 2.65. The van der Waals surface area contributed by atoms with Gasteiger partial charge in [-0.05, 0) is 38.0 Å². The third kappa shape index (κ3) is 1.72. The molecule has 2 unspecified atom stereocenters. The lowest BCUT2D eigenvalue weighted by Crippen LogP contribution is -2.56. The Balaban J connectivity index is 1.96. The molecular formula is C12H21NO. The van der Waals surface area contributed by atoms with Crippen molar-refractivity contribution < 1.29 is 4.79 Å². The van der Waals surface area contributed by atoms with E-state index in [1.54, 1.807) is 0 Å². The van der Waals surface area contributed by atoms with Gasteiger partial charge in [-0.25, -0.2) is 0 Å². The highest BCUT2D eigenvalue weighted by Gasteiger charge is 2.43. The van der Waals surface area contributed by atoms with Gasteiger partial charge in [-0.2, -0.15) is 0 Å². The molecule has 0 saturated heterocycles. The summed E-state index contributed by atoms with van der Waals surface area (Å²) in [5, 5.41) is 0. The summed E-state index contributed by atoms with van der Waals surface area (Å²) in [7, 11) is 0. The zero-order valence-corrected chi connectivity index (χ0v) is 9.09. The first-order valence-corrected chi connectivity index (χ1v) is 5.95. The summed E-state index contributed by atoms with van der Waals surface area (Å²) in [6.45, 7) is 2.25. The lowest BCUT2D eigenvalue weighted by atomic mass is 9.67. The first kappa shape index (κ1) is 10.2. The van der Waals surface area contributed by atoms with E-state index in [0.29, 0.717) is 5.78 Å². The van der Waals surface area contributed by atoms with Gasteiger partial charge in [-0.1, -0.05) is 19.8 Å². The zero-order chi connectivity index (χ0) is 10.2. The van der Waals surface area contributed by atoms with Crippen molar-refractivity contribution in [3.8, 4) is 0 Å². The molecule has 2 nitrogen and oxygen atoms in total. The van der Waals surface area contributed by atoms with Gasteiger partial charge in [0, 0.05) is 5.92 Å². The molecule has 0 aliphatic heterocycles. The molecule has 0 heterocycles. The molecule has 0 aromatic carbocycles. The smallest absolute Gasteiger partial charge is 0.155 e. The number of carbonyl (C=O) groups excluding carboxylic acids is 1. The van der Waals surface area contributed by atoms with Crippen LogP contribution in [0.15, 0.2) is 0 Å². The van der Waals surface area contributed by atoms with Gasteiger partial charge in [0.15, 0.2) is 5.78 Å². The van der Waals surface area contributed by atoms with Crippen molar-refractivity contribution in [3.05, 3.63) is 0 Å². The van der Waals surface area contributed by atoms with Crippen molar-refractivity contribution >= 4 is 5.78 Å². The molecule has 80 valence electrons. The van der Waals surface area contributed by atoms with Gasteiger partial charge in [-0.3, -0.25) is 4.79 Å². The fraction of sp³-hybridized carbons (Fsp3) is 0.917. The van der Waals surface area contributed by atoms with Crippen LogP contribution in [-0.4, -0.2) is 11.3 Å². The van der Waals surface area contributed by atoms with Crippen LogP contribution in [0.25, 0.3) is 0 Å². The van der Waals surface area contributed by atoms with Crippen LogP contribution in [0.3, 0.4) is 0 Å². The number of rotatable bonds is 2. The van der Waals surface area contributed by atoms with Crippen LogP contribution in [-0.2, 0) is 4.79 Å². The molecule has 2 aliphatic rings. The Morgan fingerprint density at radius 1 is 1.29 bits per heavy atom. The number of nitrogens with two attached hydrogens (primary N) is 1. The van der Waals surface area contributed by atoms with Crippen LogP contribution in [0.4, 0.5) is 0 Å². The Hall–Kier alpha value is -0.370. The van der Waals surface area contributed by atoms with Crippen LogP contribution >= 0.6 is 0 Å². The van der Waals surface area contributed by atoms with Gasteiger partial charge in [0.2, 0.25) is 0 Å². The fourth-order valence-corrected chi connectivity index (χ4v) is 2.88. The highest BCUT2D eigenvalue weighted by Crippen LogP contribution is 2.37. The molecule has 2 aliphatic carbocycles. The molecular weight excluding hydrogens is 174 g/mol. The average molecular weight is 195 g/mol. The summed E-state index contributed by atoms with van der Waals surface area (Å²) in [5.74, 6) is 1.38. The van der Waals surface area contributed by atoms with Crippen LogP contribution in [0.1, 0.15) is 51.9 Å². The standard InChI is InChI=1S/C12H21NO/c1-9-4-2-5-10(8-9)11(14)12(13)6-3-7-12/h9-10H,2-8,13H2,1H3. The van der Waals surface area contributed by atoms with E-state index in [-0.39, 0.29) is 5.92 Å². The van der Waals surface area contributed by atoms with Gasteiger partial charge in [0.1, 0.15) is 0 Å². The van der Waals surface area contributed by atoms with E-state index in [1.165, 1.54) is 12.8 Å². The predicted molar refractivity (Wildman–Crippen MR) is 56.9 cm³/mol. The second-order valence-electron chi connectivity index (χ2n) is 5.34. The van der Waals surface area contributed by atoms with Crippen molar-refractivity contribution in [2.45, 2.75) is 57.4 Å². The molecule has 14 heavy (non-hydrogen) atoms. The molecule has 0 aromatic rings. The number of hydrogen-bond donors (Lipinski definition) is 1. The lowest BCUT2D eigenvalue weighted by molar-refractivity contribution is -0.132. The quantitative estimate of drug-likeness (QED) is 0.734. The second kappa shape index (κ2) is 3.65. The molecule has 0 amide bonds. The second-order valence-corrected chi connectivity index (χ2v) is 5.34. The van der Waals surface area contributed by atoms with E-state index in [4.69, 9.17) is 5.73 Å². The molecule has 2 saturated carbocycles. The maximum atomic E-state index is 12.1. The molecule has 0 radical (unpaired) electrons. The van der Waals surface area contributed by atoms with Gasteiger partial charge in [0.25, 0.3) is 0 Å². The highest BCUT2D eigenvalue weighted by molar-refractivity contribution is 5.91. The van der Waals surface area contributed by atoms with Gasteiger partial charge < -0.3 is 5.73 Å². The lowest BCUT2D eigenvalue weighted by Gasteiger charge is -2.40. The number of Topliss-reactive ketones (excluding diaryl/α,β-unsaturated/α-hetero) is 1. The Bertz CT molecular complexity index is 232. The summed E-state index contributed by atoms with van der Waals surface area (Å²) in [6.07, 6.45) is 7.67. The van der Waals surface area contributed by atoms with Crippen molar-refractivity contribution in [2.24, 2.45) is 17.6 Å². The van der Waals surface area contributed by atoms with Crippen LogP contribution in [0.5, 0.6) is 0 Å². The molecule has 2 fully saturated rings. The van der Waals surface area contributed by atoms with E-state index in [1.807, 2.05) is 0 Å². The predicted octanol–water partition coefficient (Wildman–Crippen LogP) is 2.26. The molecule has 2 N–H and O–H groups in total. The monoisotopic (exact) mass is 195 g/mol. The van der Waals surface area contributed by atoms with Crippen molar-refractivity contribution in [2.75, 3.05) is 0 Å². The largest absolute Gasteiger partial charge is 0.319 e. The van der Waals surface area contributed by atoms with Crippen LogP contribution in [0, 0.1) is 11.8 Å². The maximum Gasteiger partial charge on any atom is 0.155 e. The molecule has 0 spiro atoms. The van der Waals surface area contributed by atoms with E-state index in [2.05, 4.69) is 6.92 Å². The van der Waals surface area contributed by atoms with E-state index in [9.17, 15) is 4.79 Å². The Morgan fingerprint density at radius 2 is 2.00 bits per heavy atom. The summed E-state index contributed by atoms with van der Waals surface area (Å²) in [6, 6.07) is 0. The topological polar surface area (TPSA) is 43.1 Å².